The molecule has 0 radical (unpaired) electrons. The largest absolute Gasteiger partial charge is 0.388 e. The summed E-state index contributed by atoms with van der Waals surface area (Å²) in [6, 6.07) is 15.2. The molecule has 0 aliphatic rings. The van der Waals surface area contributed by atoms with Crippen molar-refractivity contribution in [2.24, 2.45) is 0 Å². The van der Waals surface area contributed by atoms with Gasteiger partial charge in [0.25, 0.3) is 5.91 Å². The van der Waals surface area contributed by atoms with Crippen LogP contribution < -0.4 is 10.6 Å². The molecular formula is C22H25N5O. The number of carbonyl (C=O) groups excluding carboxylic acids is 1. The summed E-state index contributed by atoms with van der Waals surface area (Å²) >= 11 is 0. The van der Waals surface area contributed by atoms with Gasteiger partial charge in [-0.1, -0.05) is 43.3 Å². The zero-order valence-corrected chi connectivity index (χ0v) is 16.3. The Hall–Kier alpha value is -3.41. The maximum Gasteiger partial charge on any atom is 0.251 e. The van der Waals surface area contributed by atoms with E-state index in [1.807, 2.05) is 49.6 Å². The molecule has 0 bridgehead atoms. The van der Waals surface area contributed by atoms with Crippen molar-refractivity contribution in [3.63, 3.8) is 0 Å². The summed E-state index contributed by atoms with van der Waals surface area (Å²) in [5, 5.41) is 14.5. The minimum absolute atomic E-state index is 0.0590. The zero-order valence-electron chi connectivity index (χ0n) is 16.3. The molecule has 0 atom stereocenters. The lowest BCUT2D eigenvalue weighted by Crippen LogP contribution is -2.24. The number of rotatable bonds is 8. The number of aromatic nitrogens is 3. The maximum absolute atomic E-state index is 12.1. The van der Waals surface area contributed by atoms with Crippen LogP contribution in [0.4, 0.5) is 5.69 Å². The Morgan fingerprint density at radius 2 is 1.89 bits per heavy atom. The third-order valence-corrected chi connectivity index (χ3v) is 4.53. The number of para-hydroxylation sites is 1. The molecule has 28 heavy (non-hydrogen) atoms. The summed E-state index contributed by atoms with van der Waals surface area (Å²) in [4.78, 5) is 12.1. The number of anilines is 1. The molecule has 2 aromatic carbocycles. The minimum Gasteiger partial charge on any atom is -0.388 e. The molecule has 3 aromatic rings. The van der Waals surface area contributed by atoms with E-state index in [2.05, 4.69) is 34.4 Å². The highest BCUT2D eigenvalue weighted by molar-refractivity contribution is 5.94. The third-order valence-electron chi connectivity index (χ3n) is 4.53. The number of nitrogens with zero attached hydrogens (tertiary/aromatic N) is 3. The molecule has 6 heteroatoms. The Bertz CT molecular complexity index is 959. The lowest BCUT2D eigenvalue weighted by molar-refractivity contribution is 0.0953. The standard InChI is InChI=1S/C22H25N5O/c1-4-5-14-24-22(28)17-10-12-18(13-11-17)27-15-21(25-26-27)16(2)19-8-6-7-9-20(19)23-3/h6-13,15,23H,2,4-5,14H2,1,3H3,(H,24,28). The van der Waals surface area contributed by atoms with Crippen molar-refractivity contribution in [2.45, 2.75) is 19.8 Å². The van der Waals surface area contributed by atoms with Crippen molar-refractivity contribution in [3.8, 4) is 5.69 Å². The maximum atomic E-state index is 12.1. The van der Waals surface area contributed by atoms with Crippen LogP contribution in [0.15, 0.2) is 61.3 Å². The van der Waals surface area contributed by atoms with Crippen LogP contribution in [0.1, 0.15) is 41.4 Å². The van der Waals surface area contributed by atoms with Crippen LogP contribution in [0.3, 0.4) is 0 Å². The Balaban J connectivity index is 1.75. The molecule has 0 saturated heterocycles. The molecule has 0 aliphatic carbocycles. The van der Waals surface area contributed by atoms with E-state index in [-0.39, 0.29) is 5.91 Å². The van der Waals surface area contributed by atoms with Gasteiger partial charge >= 0.3 is 0 Å². The first-order valence-corrected chi connectivity index (χ1v) is 9.41. The van der Waals surface area contributed by atoms with Crippen LogP contribution in [0.5, 0.6) is 0 Å². The number of unbranched alkanes of at least 4 members (excludes halogenated alkanes) is 1. The second-order valence-corrected chi connectivity index (χ2v) is 6.48. The van der Waals surface area contributed by atoms with Gasteiger partial charge in [-0.25, -0.2) is 4.68 Å². The Morgan fingerprint density at radius 1 is 1.14 bits per heavy atom. The summed E-state index contributed by atoms with van der Waals surface area (Å²) in [6.07, 6.45) is 3.87. The van der Waals surface area contributed by atoms with Gasteiger partial charge in [-0.15, -0.1) is 5.10 Å². The van der Waals surface area contributed by atoms with Crippen LogP contribution in [-0.2, 0) is 0 Å². The molecule has 144 valence electrons. The number of benzene rings is 2. The Morgan fingerprint density at radius 3 is 2.61 bits per heavy atom. The van der Waals surface area contributed by atoms with E-state index < -0.39 is 0 Å². The fourth-order valence-corrected chi connectivity index (χ4v) is 2.88. The molecular weight excluding hydrogens is 350 g/mol. The second kappa shape index (κ2) is 8.99. The van der Waals surface area contributed by atoms with E-state index in [4.69, 9.17) is 0 Å². The predicted octanol–water partition coefficient (Wildman–Crippen LogP) is 3.90. The van der Waals surface area contributed by atoms with Gasteiger partial charge in [-0.05, 0) is 36.8 Å². The van der Waals surface area contributed by atoms with Gasteiger partial charge < -0.3 is 10.6 Å². The molecule has 0 fully saturated rings. The molecule has 0 spiro atoms. The van der Waals surface area contributed by atoms with Gasteiger partial charge in [0, 0.05) is 36.0 Å². The molecule has 2 N–H and O–H groups in total. The first kappa shape index (κ1) is 19.4. The van der Waals surface area contributed by atoms with E-state index in [1.54, 1.807) is 16.8 Å². The van der Waals surface area contributed by atoms with Crippen molar-refractivity contribution in [1.82, 2.24) is 20.3 Å². The molecule has 0 aliphatic heterocycles. The zero-order chi connectivity index (χ0) is 19.9. The molecule has 0 unspecified atom stereocenters. The van der Waals surface area contributed by atoms with Crippen LogP contribution in [0, 0.1) is 0 Å². The lowest BCUT2D eigenvalue weighted by Gasteiger charge is -2.09. The number of carbonyl (C=O) groups is 1. The summed E-state index contributed by atoms with van der Waals surface area (Å²) in [7, 11) is 1.88. The highest BCUT2D eigenvalue weighted by atomic mass is 16.1. The summed E-state index contributed by atoms with van der Waals surface area (Å²) in [6.45, 7) is 6.97. The van der Waals surface area contributed by atoms with Crippen molar-refractivity contribution in [3.05, 3.63) is 78.1 Å². The first-order chi connectivity index (χ1) is 13.6. The fraction of sp³-hybridized carbons (Fsp3) is 0.227. The number of hydrogen-bond acceptors (Lipinski definition) is 4. The molecule has 3 rings (SSSR count). The van der Waals surface area contributed by atoms with Gasteiger partial charge in [0.15, 0.2) is 0 Å². The third kappa shape index (κ3) is 4.28. The van der Waals surface area contributed by atoms with Gasteiger partial charge in [-0.2, -0.15) is 0 Å². The normalized spacial score (nSPS) is 10.5. The Labute approximate surface area is 165 Å². The summed E-state index contributed by atoms with van der Waals surface area (Å²) in [5.41, 5.74) is 4.93. The van der Waals surface area contributed by atoms with Crippen molar-refractivity contribution in [2.75, 3.05) is 18.9 Å². The van der Waals surface area contributed by atoms with Crippen LogP contribution in [0.25, 0.3) is 11.3 Å². The van der Waals surface area contributed by atoms with E-state index in [1.165, 1.54) is 0 Å². The Kier molecular flexibility index (Phi) is 6.22. The summed E-state index contributed by atoms with van der Waals surface area (Å²) < 4.78 is 1.68. The van der Waals surface area contributed by atoms with Gasteiger partial charge in [0.05, 0.1) is 11.9 Å². The highest BCUT2D eigenvalue weighted by Crippen LogP contribution is 2.26. The number of nitrogens with one attached hydrogen (secondary N) is 2. The van der Waals surface area contributed by atoms with Crippen LogP contribution in [-0.4, -0.2) is 34.5 Å². The first-order valence-electron chi connectivity index (χ1n) is 9.41. The summed E-state index contributed by atoms with van der Waals surface area (Å²) in [5.74, 6) is -0.0590. The lowest BCUT2D eigenvalue weighted by atomic mass is 10.0. The molecule has 0 saturated carbocycles. The van der Waals surface area contributed by atoms with Crippen LogP contribution in [0.2, 0.25) is 0 Å². The minimum atomic E-state index is -0.0590. The molecule has 1 aromatic heterocycles. The molecule has 6 nitrogen and oxygen atoms in total. The average Bonchev–Trinajstić information content (AvgIpc) is 3.23. The quantitative estimate of drug-likeness (QED) is 0.586. The van der Waals surface area contributed by atoms with Crippen molar-refractivity contribution < 1.29 is 4.79 Å². The predicted molar refractivity (Wildman–Crippen MR) is 113 cm³/mol. The second-order valence-electron chi connectivity index (χ2n) is 6.48. The van der Waals surface area contributed by atoms with E-state index in [0.717, 1.165) is 35.4 Å². The molecule has 1 amide bonds. The average molecular weight is 375 g/mol. The number of amides is 1. The van der Waals surface area contributed by atoms with E-state index in [0.29, 0.717) is 17.8 Å². The van der Waals surface area contributed by atoms with Gasteiger partial charge in [-0.3, -0.25) is 4.79 Å². The van der Waals surface area contributed by atoms with E-state index >= 15 is 0 Å². The SMILES string of the molecule is C=C(c1cn(-c2ccc(C(=O)NCCCC)cc2)nn1)c1ccccc1NC. The fourth-order valence-electron chi connectivity index (χ4n) is 2.88. The monoisotopic (exact) mass is 375 g/mol. The van der Waals surface area contributed by atoms with Crippen LogP contribution >= 0.6 is 0 Å². The van der Waals surface area contributed by atoms with Gasteiger partial charge in [0.2, 0.25) is 0 Å². The topological polar surface area (TPSA) is 71.8 Å². The molecule has 1 heterocycles. The van der Waals surface area contributed by atoms with E-state index in [9.17, 15) is 4.79 Å². The highest BCUT2D eigenvalue weighted by Gasteiger charge is 2.12. The smallest absolute Gasteiger partial charge is 0.251 e. The number of hydrogen-bond donors (Lipinski definition) is 2. The van der Waals surface area contributed by atoms with Gasteiger partial charge in [0.1, 0.15) is 5.69 Å². The van der Waals surface area contributed by atoms with Crippen molar-refractivity contribution in [1.29, 1.82) is 0 Å². The van der Waals surface area contributed by atoms with Crippen molar-refractivity contribution >= 4 is 17.2 Å².